The number of alkyl halides is 3. The molecule has 4 nitrogen and oxygen atoms in total. The molecule has 2 N–H and O–H groups in total. The van der Waals surface area contributed by atoms with Gasteiger partial charge in [-0.05, 0) is 27.7 Å². The average Bonchev–Trinajstić information content (AvgIpc) is 1.97. The number of halogens is 3. The fraction of sp³-hybridized carbons (Fsp3) is 0.900. The maximum Gasteiger partial charge on any atom is 0.411 e. The van der Waals surface area contributed by atoms with E-state index in [9.17, 15) is 18.0 Å². The lowest BCUT2D eigenvalue weighted by atomic mass is 9.98. The van der Waals surface area contributed by atoms with Gasteiger partial charge in [-0.25, -0.2) is 4.79 Å². The molecule has 0 heterocycles. The standard InChI is InChI=1S/C10H18F3NO3/c1-8(2,3)17-7(16)14-9(4,5-6-15)10(11,12)13/h15H,5-6H2,1-4H3,(H,14,16). The van der Waals surface area contributed by atoms with Crippen LogP contribution >= 0.6 is 0 Å². The SMILES string of the molecule is CC(C)(C)OC(=O)NC(C)(CCO)C(F)(F)F. The number of aliphatic hydroxyl groups excluding tert-OH is 1. The molecule has 0 radical (unpaired) electrons. The number of hydrogen-bond donors (Lipinski definition) is 2. The molecule has 0 fully saturated rings. The number of aliphatic hydroxyl groups is 1. The van der Waals surface area contributed by atoms with Crippen molar-refractivity contribution in [1.29, 1.82) is 0 Å². The molecular formula is C10H18F3NO3. The molecule has 0 aliphatic heterocycles. The lowest BCUT2D eigenvalue weighted by Crippen LogP contribution is -2.57. The number of carbonyl (C=O) groups is 1. The van der Waals surface area contributed by atoms with Gasteiger partial charge in [-0.1, -0.05) is 0 Å². The van der Waals surface area contributed by atoms with Crippen LogP contribution in [-0.2, 0) is 4.74 Å². The zero-order chi connectivity index (χ0) is 13.9. The van der Waals surface area contributed by atoms with E-state index in [0.29, 0.717) is 0 Å². The number of alkyl carbamates (subject to hydrolysis) is 1. The summed E-state index contributed by atoms with van der Waals surface area (Å²) in [7, 11) is 0. The lowest BCUT2D eigenvalue weighted by Gasteiger charge is -2.33. The summed E-state index contributed by atoms with van der Waals surface area (Å²) >= 11 is 0. The van der Waals surface area contributed by atoms with Crippen LogP contribution < -0.4 is 5.32 Å². The number of nitrogens with one attached hydrogen (secondary N) is 1. The van der Waals surface area contributed by atoms with Gasteiger partial charge >= 0.3 is 12.3 Å². The van der Waals surface area contributed by atoms with Crippen LogP contribution in [-0.4, -0.2) is 35.1 Å². The van der Waals surface area contributed by atoms with E-state index in [1.165, 1.54) is 0 Å². The average molecular weight is 257 g/mol. The first-order valence-corrected chi connectivity index (χ1v) is 5.10. The molecule has 1 amide bonds. The molecule has 102 valence electrons. The molecule has 1 atom stereocenters. The van der Waals surface area contributed by atoms with Gasteiger partial charge in [0.25, 0.3) is 0 Å². The van der Waals surface area contributed by atoms with Crippen LogP contribution in [0.15, 0.2) is 0 Å². The summed E-state index contributed by atoms with van der Waals surface area (Å²) in [5, 5.41) is 10.4. The summed E-state index contributed by atoms with van der Waals surface area (Å²) in [4.78, 5) is 11.3. The van der Waals surface area contributed by atoms with Gasteiger partial charge in [0, 0.05) is 13.0 Å². The quantitative estimate of drug-likeness (QED) is 0.815. The van der Waals surface area contributed by atoms with Crippen molar-refractivity contribution in [3.05, 3.63) is 0 Å². The normalized spacial score (nSPS) is 16.2. The van der Waals surface area contributed by atoms with Crippen molar-refractivity contribution < 1.29 is 27.8 Å². The molecule has 1 unspecified atom stereocenters. The molecule has 0 aromatic heterocycles. The minimum Gasteiger partial charge on any atom is -0.444 e. The van der Waals surface area contributed by atoms with Gasteiger partial charge in [0.15, 0.2) is 0 Å². The highest BCUT2D eigenvalue weighted by Crippen LogP contribution is 2.32. The lowest BCUT2D eigenvalue weighted by molar-refractivity contribution is -0.193. The van der Waals surface area contributed by atoms with Crippen LogP contribution in [0.3, 0.4) is 0 Å². The summed E-state index contributed by atoms with van der Waals surface area (Å²) in [5.41, 5.74) is -3.38. The van der Waals surface area contributed by atoms with E-state index in [1.54, 1.807) is 26.1 Å². The monoisotopic (exact) mass is 257 g/mol. The molecule has 0 aliphatic rings. The Morgan fingerprint density at radius 3 is 2.00 bits per heavy atom. The molecule has 0 saturated carbocycles. The predicted molar refractivity (Wildman–Crippen MR) is 55.5 cm³/mol. The van der Waals surface area contributed by atoms with Crippen molar-refractivity contribution in [3.63, 3.8) is 0 Å². The van der Waals surface area contributed by atoms with E-state index < -0.39 is 36.4 Å². The molecule has 0 aliphatic carbocycles. The molecule has 0 bridgehead atoms. The Labute approximate surface area is 98.1 Å². The Kier molecular flexibility index (Phi) is 4.82. The van der Waals surface area contributed by atoms with Crippen molar-refractivity contribution in [2.24, 2.45) is 0 Å². The third kappa shape index (κ3) is 5.25. The molecule has 17 heavy (non-hydrogen) atoms. The number of carbonyl (C=O) groups excluding carboxylic acids is 1. The van der Waals surface area contributed by atoms with Crippen molar-refractivity contribution >= 4 is 6.09 Å². The van der Waals surface area contributed by atoms with Crippen LogP contribution in [0.25, 0.3) is 0 Å². The summed E-state index contributed by atoms with van der Waals surface area (Å²) in [6.07, 6.45) is -6.45. The van der Waals surface area contributed by atoms with Crippen molar-refractivity contribution in [1.82, 2.24) is 5.32 Å². The maximum absolute atomic E-state index is 12.7. The third-order valence-corrected chi connectivity index (χ3v) is 2.01. The van der Waals surface area contributed by atoms with Gasteiger partial charge < -0.3 is 15.2 Å². The first-order chi connectivity index (χ1) is 7.41. The van der Waals surface area contributed by atoms with E-state index in [2.05, 4.69) is 0 Å². The molecule has 0 aromatic carbocycles. The van der Waals surface area contributed by atoms with Crippen LogP contribution in [0.5, 0.6) is 0 Å². The predicted octanol–water partition coefficient (Wildman–Crippen LogP) is 2.21. The fourth-order valence-electron chi connectivity index (χ4n) is 1.03. The second-order valence-corrected chi connectivity index (χ2v) is 4.93. The zero-order valence-corrected chi connectivity index (χ0v) is 10.3. The summed E-state index contributed by atoms with van der Waals surface area (Å²) in [6, 6.07) is 0. The van der Waals surface area contributed by atoms with Crippen molar-refractivity contribution in [2.75, 3.05) is 6.61 Å². The van der Waals surface area contributed by atoms with E-state index in [1.807, 2.05) is 0 Å². The minimum atomic E-state index is -4.66. The fourth-order valence-corrected chi connectivity index (χ4v) is 1.03. The minimum absolute atomic E-state index is 0.629. The summed E-state index contributed by atoms with van der Waals surface area (Å²) < 4.78 is 42.9. The number of amides is 1. The molecule has 0 aromatic rings. The van der Waals surface area contributed by atoms with Gasteiger partial charge in [0.05, 0.1) is 0 Å². The molecule has 0 saturated heterocycles. The topological polar surface area (TPSA) is 58.6 Å². The Balaban J connectivity index is 4.73. The van der Waals surface area contributed by atoms with Gasteiger partial charge in [-0.15, -0.1) is 0 Å². The smallest absolute Gasteiger partial charge is 0.411 e. The Bertz CT molecular complexity index is 273. The second kappa shape index (κ2) is 5.12. The van der Waals surface area contributed by atoms with Gasteiger partial charge in [-0.3, -0.25) is 0 Å². The third-order valence-electron chi connectivity index (χ3n) is 2.01. The van der Waals surface area contributed by atoms with E-state index in [0.717, 1.165) is 6.92 Å². The van der Waals surface area contributed by atoms with E-state index >= 15 is 0 Å². The van der Waals surface area contributed by atoms with E-state index in [4.69, 9.17) is 9.84 Å². The van der Waals surface area contributed by atoms with Crippen LogP contribution in [0.4, 0.5) is 18.0 Å². The Hall–Kier alpha value is -0.980. The highest BCUT2D eigenvalue weighted by molar-refractivity contribution is 5.68. The Morgan fingerprint density at radius 2 is 1.71 bits per heavy atom. The Morgan fingerprint density at radius 1 is 1.24 bits per heavy atom. The highest BCUT2D eigenvalue weighted by Gasteiger charge is 2.52. The second-order valence-electron chi connectivity index (χ2n) is 4.93. The first-order valence-electron chi connectivity index (χ1n) is 5.10. The molecule has 0 rings (SSSR count). The van der Waals surface area contributed by atoms with E-state index in [-0.39, 0.29) is 0 Å². The largest absolute Gasteiger partial charge is 0.444 e. The van der Waals surface area contributed by atoms with Crippen LogP contribution in [0.1, 0.15) is 34.1 Å². The van der Waals surface area contributed by atoms with Crippen LogP contribution in [0.2, 0.25) is 0 Å². The summed E-state index contributed by atoms with van der Waals surface area (Å²) in [5.74, 6) is 0. The van der Waals surface area contributed by atoms with Crippen molar-refractivity contribution in [3.8, 4) is 0 Å². The van der Waals surface area contributed by atoms with Gasteiger partial charge in [-0.2, -0.15) is 13.2 Å². The van der Waals surface area contributed by atoms with Gasteiger partial charge in [0.1, 0.15) is 11.1 Å². The first kappa shape index (κ1) is 16.0. The zero-order valence-electron chi connectivity index (χ0n) is 10.3. The number of rotatable bonds is 3. The molecule has 7 heteroatoms. The number of ether oxygens (including phenoxy) is 1. The maximum atomic E-state index is 12.7. The highest BCUT2D eigenvalue weighted by atomic mass is 19.4. The molecular weight excluding hydrogens is 239 g/mol. The van der Waals surface area contributed by atoms with Gasteiger partial charge in [0.2, 0.25) is 0 Å². The summed E-state index contributed by atoms with van der Waals surface area (Å²) in [6.45, 7) is 4.75. The molecule has 0 spiro atoms. The van der Waals surface area contributed by atoms with Crippen LogP contribution in [0, 0.1) is 0 Å². The van der Waals surface area contributed by atoms with Crippen molar-refractivity contribution in [2.45, 2.75) is 51.4 Å². The number of hydrogen-bond acceptors (Lipinski definition) is 3.